The molecule has 2 aromatic carbocycles. The summed E-state index contributed by atoms with van der Waals surface area (Å²) in [5, 5.41) is 7.44. The number of ether oxygens (including phenoxy) is 3. The van der Waals surface area contributed by atoms with Gasteiger partial charge in [0, 0.05) is 43.5 Å². The Morgan fingerprint density at radius 2 is 1.87 bits per heavy atom. The minimum absolute atomic E-state index is 0.216. The quantitative estimate of drug-likeness (QED) is 0.767. The molecule has 6 heteroatoms. The summed E-state index contributed by atoms with van der Waals surface area (Å²) in [4.78, 5) is 2.54. The highest BCUT2D eigenvalue weighted by molar-refractivity contribution is 6.02. The Hall–Kier alpha value is -2.73. The minimum Gasteiger partial charge on any atom is -0.466 e. The summed E-state index contributed by atoms with van der Waals surface area (Å²) in [6, 6.07) is 14.8. The van der Waals surface area contributed by atoms with Crippen LogP contribution in [-0.2, 0) is 0 Å². The Balaban J connectivity index is 1.36. The molecule has 2 aromatic rings. The molecule has 4 aliphatic heterocycles. The molecular formula is C24H27N3O3. The Labute approximate surface area is 177 Å². The lowest BCUT2D eigenvalue weighted by atomic mass is 9.90. The predicted octanol–water partition coefficient (Wildman–Crippen LogP) is 4.16. The second-order valence-corrected chi connectivity index (χ2v) is 8.61. The van der Waals surface area contributed by atoms with Gasteiger partial charge < -0.3 is 19.1 Å². The lowest BCUT2D eigenvalue weighted by Crippen LogP contribution is -2.59. The number of nitrogens with zero attached hydrogens (tertiary/aromatic N) is 3. The third-order valence-electron chi connectivity index (χ3n) is 6.79. The first-order chi connectivity index (χ1) is 14.8. The molecule has 1 fully saturated rings. The molecule has 0 bridgehead atoms. The molecule has 156 valence electrons. The molecule has 0 N–H and O–H groups in total. The predicted molar refractivity (Wildman–Crippen MR) is 114 cm³/mol. The van der Waals surface area contributed by atoms with Gasteiger partial charge in [0.1, 0.15) is 5.75 Å². The van der Waals surface area contributed by atoms with Crippen molar-refractivity contribution in [2.75, 3.05) is 26.4 Å². The van der Waals surface area contributed by atoms with Gasteiger partial charge in [0.2, 0.25) is 12.5 Å². The summed E-state index contributed by atoms with van der Waals surface area (Å²) in [6.45, 7) is 5.79. The van der Waals surface area contributed by atoms with Gasteiger partial charge in [-0.1, -0.05) is 25.1 Å². The SMILES string of the molecule is CCCN1CCC2(CC1)Oc1ccccc1[C@H]1CC(c3ccc4c(c3)OCO4)=NN12. The zero-order chi connectivity index (χ0) is 20.1. The van der Waals surface area contributed by atoms with Gasteiger partial charge in [-0.2, -0.15) is 5.10 Å². The van der Waals surface area contributed by atoms with E-state index in [2.05, 4.69) is 53.2 Å². The van der Waals surface area contributed by atoms with E-state index < -0.39 is 0 Å². The highest BCUT2D eigenvalue weighted by atomic mass is 16.7. The second kappa shape index (κ2) is 6.91. The molecule has 0 saturated carbocycles. The van der Waals surface area contributed by atoms with Crippen molar-refractivity contribution < 1.29 is 14.2 Å². The molecule has 0 unspecified atom stereocenters. The highest BCUT2D eigenvalue weighted by Gasteiger charge is 2.51. The van der Waals surface area contributed by atoms with Crippen molar-refractivity contribution in [3.8, 4) is 17.2 Å². The topological polar surface area (TPSA) is 46.5 Å². The van der Waals surface area contributed by atoms with Crippen molar-refractivity contribution in [2.45, 2.75) is 44.4 Å². The smallest absolute Gasteiger partial charge is 0.231 e. The maximum Gasteiger partial charge on any atom is 0.231 e. The van der Waals surface area contributed by atoms with E-state index in [1.54, 1.807) is 0 Å². The van der Waals surface area contributed by atoms with Gasteiger partial charge in [0.15, 0.2) is 11.5 Å². The van der Waals surface area contributed by atoms with Gasteiger partial charge in [-0.15, -0.1) is 0 Å². The monoisotopic (exact) mass is 405 g/mol. The zero-order valence-electron chi connectivity index (χ0n) is 17.3. The number of rotatable bonds is 3. The maximum absolute atomic E-state index is 6.71. The largest absolute Gasteiger partial charge is 0.466 e. The molecule has 6 rings (SSSR count). The molecule has 0 aliphatic carbocycles. The molecule has 30 heavy (non-hydrogen) atoms. The van der Waals surface area contributed by atoms with Crippen molar-refractivity contribution in [1.82, 2.24) is 9.91 Å². The number of hydrogen-bond acceptors (Lipinski definition) is 6. The Kier molecular flexibility index (Phi) is 4.16. The van der Waals surface area contributed by atoms with Crippen LogP contribution in [0, 0.1) is 0 Å². The molecule has 1 saturated heterocycles. The van der Waals surface area contributed by atoms with Gasteiger partial charge >= 0.3 is 0 Å². The molecule has 1 atom stereocenters. The zero-order valence-corrected chi connectivity index (χ0v) is 17.3. The first-order valence-electron chi connectivity index (χ1n) is 11.0. The summed E-state index contributed by atoms with van der Waals surface area (Å²) < 4.78 is 17.8. The van der Waals surface area contributed by atoms with Gasteiger partial charge in [-0.05, 0) is 37.2 Å². The van der Waals surface area contributed by atoms with Crippen LogP contribution in [0.25, 0.3) is 0 Å². The number of fused-ring (bicyclic) bond motifs is 5. The van der Waals surface area contributed by atoms with Gasteiger partial charge in [-0.3, -0.25) is 0 Å². The lowest BCUT2D eigenvalue weighted by molar-refractivity contribution is -0.149. The minimum atomic E-state index is -0.360. The number of benzene rings is 2. The van der Waals surface area contributed by atoms with E-state index in [-0.39, 0.29) is 11.8 Å². The van der Waals surface area contributed by atoms with Crippen molar-refractivity contribution in [2.24, 2.45) is 5.10 Å². The Morgan fingerprint density at radius 1 is 1.03 bits per heavy atom. The number of hydrogen-bond donors (Lipinski definition) is 0. The average molecular weight is 405 g/mol. The molecule has 0 aromatic heterocycles. The fraction of sp³-hybridized carbons (Fsp3) is 0.458. The number of likely N-dealkylation sites (tertiary alicyclic amines) is 1. The average Bonchev–Trinajstić information content (AvgIpc) is 3.43. The van der Waals surface area contributed by atoms with Crippen molar-refractivity contribution in [1.29, 1.82) is 0 Å². The fourth-order valence-corrected chi connectivity index (χ4v) is 5.25. The summed E-state index contributed by atoms with van der Waals surface area (Å²) in [6.07, 6.45) is 4.00. The first-order valence-corrected chi connectivity index (χ1v) is 11.0. The van der Waals surface area contributed by atoms with E-state index in [1.165, 1.54) is 12.0 Å². The van der Waals surface area contributed by atoms with Crippen LogP contribution >= 0.6 is 0 Å². The standard InChI is InChI=1S/C24H27N3O3/c1-2-11-26-12-9-24(10-13-26)27-20(18-5-3-4-6-21(18)30-24)15-19(25-27)17-7-8-22-23(14-17)29-16-28-22/h3-8,14,20H,2,9-13,15-16H2,1H3/t20-/m1/s1. The van der Waals surface area contributed by atoms with Gasteiger partial charge in [0.05, 0.1) is 11.8 Å². The molecule has 0 radical (unpaired) electrons. The highest BCUT2D eigenvalue weighted by Crippen LogP contribution is 2.50. The molecule has 1 spiro atoms. The van der Waals surface area contributed by atoms with Crippen LogP contribution in [0.2, 0.25) is 0 Å². The van der Waals surface area contributed by atoms with Gasteiger partial charge in [0.25, 0.3) is 0 Å². The van der Waals surface area contributed by atoms with E-state index in [4.69, 9.17) is 19.3 Å². The lowest BCUT2D eigenvalue weighted by Gasteiger charge is -2.51. The van der Waals surface area contributed by atoms with Crippen molar-refractivity contribution in [3.63, 3.8) is 0 Å². The third kappa shape index (κ3) is 2.77. The summed E-state index contributed by atoms with van der Waals surface area (Å²) >= 11 is 0. The molecular weight excluding hydrogens is 378 g/mol. The molecule has 4 aliphatic rings. The van der Waals surface area contributed by atoms with Crippen LogP contribution < -0.4 is 14.2 Å². The van der Waals surface area contributed by atoms with Crippen molar-refractivity contribution in [3.05, 3.63) is 53.6 Å². The van der Waals surface area contributed by atoms with Crippen molar-refractivity contribution >= 4 is 5.71 Å². The second-order valence-electron chi connectivity index (χ2n) is 8.61. The van der Waals surface area contributed by atoms with Crippen LogP contribution in [0.3, 0.4) is 0 Å². The van der Waals surface area contributed by atoms with Gasteiger partial charge in [-0.25, -0.2) is 5.01 Å². The Bertz CT molecular complexity index is 997. The third-order valence-corrected chi connectivity index (χ3v) is 6.79. The normalized spacial score (nSPS) is 23.7. The molecule has 0 amide bonds. The molecule has 4 heterocycles. The number of piperidine rings is 1. The van der Waals surface area contributed by atoms with E-state index in [1.807, 2.05) is 6.07 Å². The summed E-state index contributed by atoms with van der Waals surface area (Å²) in [5.41, 5.74) is 3.07. The van der Waals surface area contributed by atoms with E-state index >= 15 is 0 Å². The number of para-hydroxylation sites is 1. The first kappa shape index (κ1) is 18.1. The fourth-order valence-electron chi connectivity index (χ4n) is 5.25. The van der Waals surface area contributed by atoms with Crippen LogP contribution in [-0.4, -0.2) is 47.8 Å². The summed E-state index contributed by atoms with van der Waals surface area (Å²) in [5.74, 6) is 2.63. The number of hydrazone groups is 1. The van der Waals surface area contributed by atoms with Crippen LogP contribution in [0.4, 0.5) is 0 Å². The van der Waals surface area contributed by atoms with Crippen LogP contribution in [0.5, 0.6) is 17.2 Å². The van der Waals surface area contributed by atoms with Crippen LogP contribution in [0.1, 0.15) is 49.8 Å². The van der Waals surface area contributed by atoms with Crippen LogP contribution in [0.15, 0.2) is 47.6 Å². The summed E-state index contributed by atoms with van der Waals surface area (Å²) in [7, 11) is 0. The maximum atomic E-state index is 6.71. The van der Waals surface area contributed by atoms with E-state index in [9.17, 15) is 0 Å². The van der Waals surface area contributed by atoms with E-state index in [0.29, 0.717) is 6.79 Å². The molecule has 6 nitrogen and oxygen atoms in total. The van der Waals surface area contributed by atoms with E-state index in [0.717, 1.165) is 67.4 Å². The Morgan fingerprint density at radius 3 is 2.73 bits per heavy atom.